The molecule has 0 atom stereocenters. The molecular weight excluding hydrogens is 559 g/mol. The summed E-state index contributed by atoms with van der Waals surface area (Å²) in [6.45, 7) is 1.95. The van der Waals surface area contributed by atoms with Crippen LogP contribution in [0.2, 0.25) is 0 Å². The maximum atomic E-state index is 11.4. The Morgan fingerprint density at radius 2 is 0.902 bits per heavy atom. The molecule has 0 bridgehead atoms. The molecule has 7 heteroatoms. The maximum absolute atomic E-state index is 11.4. The molecular formula is C34H32Cl2O5. The fraction of sp³-hybridized carbons (Fsp3) is 0.235. The van der Waals surface area contributed by atoms with Gasteiger partial charge >= 0.3 is 11.9 Å². The van der Waals surface area contributed by atoms with Gasteiger partial charge in [-0.2, -0.15) is 0 Å². The van der Waals surface area contributed by atoms with E-state index in [-0.39, 0.29) is 29.8 Å². The van der Waals surface area contributed by atoms with Gasteiger partial charge in [0.15, 0.2) is 0 Å². The number of halogens is 2. The number of carbonyl (C=O) groups is 2. The minimum atomic E-state index is -0.582. The quantitative estimate of drug-likeness (QED) is 0.186. The highest BCUT2D eigenvalue weighted by Gasteiger charge is 2.29. The number of alkyl halides is 2. The third kappa shape index (κ3) is 6.99. The minimum absolute atomic E-state index is 0.0582. The summed E-state index contributed by atoms with van der Waals surface area (Å²) in [5, 5.41) is 8.92. The molecule has 1 N–H and O–H groups in total. The normalized spacial score (nSPS) is 12.4. The van der Waals surface area contributed by atoms with Gasteiger partial charge in [-0.3, -0.25) is 4.79 Å². The molecule has 0 unspecified atom stereocenters. The lowest BCUT2D eigenvalue weighted by Gasteiger charge is -2.13. The number of carbonyl (C=O) groups excluding carboxylic acids is 2. The molecule has 0 heterocycles. The summed E-state index contributed by atoms with van der Waals surface area (Å²) in [6.07, 6.45) is 0.427. The number of hydrogen-bond donors (Lipinski definition) is 1. The Morgan fingerprint density at radius 1 is 0.610 bits per heavy atom. The molecule has 6 rings (SSSR count). The Bertz CT molecular complexity index is 1280. The van der Waals surface area contributed by atoms with Crippen molar-refractivity contribution < 1.29 is 24.2 Å². The van der Waals surface area contributed by atoms with E-state index in [0.29, 0.717) is 13.0 Å². The second-order valence-electron chi connectivity index (χ2n) is 9.43. The molecule has 0 radical (unpaired) electrons. The number of hydrogen-bond acceptors (Lipinski definition) is 5. The number of rotatable bonds is 6. The Labute approximate surface area is 250 Å². The van der Waals surface area contributed by atoms with Crippen LogP contribution in [-0.2, 0) is 19.1 Å². The van der Waals surface area contributed by atoms with Crippen molar-refractivity contribution in [1.29, 1.82) is 0 Å². The molecule has 0 amide bonds. The van der Waals surface area contributed by atoms with Gasteiger partial charge in [-0.25, -0.2) is 4.79 Å². The van der Waals surface area contributed by atoms with Crippen molar-refractivity contribution in [1.82, 2.24) is 0 Å². The highest BCUT2D eigenvalue weighted by atomic mass is 35.5. The highest BCUT2D eigenvalue weighted by molar-refractivity contribution is 6.40. The topological polar surface area (TPSA) is 72.8 Å². The average Bonchev–Trinajstić information content (AvgIpc) is 3.52. The lowest BCUT2D eigenvalue weighted by Crippen LogP contribution is -2.14. The summed E-state index contributed by atoms with van der Waals surface area (Å²) in [7, 11) is 0. The lowest BCUT2D eigenvalue weighted by atomic mass is 9.98. The van der Waals surface area contributed by atoms with Gasteiger partial charge < -0.3 is 14.6 Å². The van der Waals surface area contributed by atoms with E-state index in [2.05, 4.69) is 60.7 Å². The van der Waals surface area contributed by atoms with E-state index in [9.17, 15) is 9.59 Å². The van der Waals surface area contributed by atoms with Gasteiger partial charge in [-0.15, -0.1) is 23.2 Å². The van der Waals surface area contributed by atoms with Crippen molar-refractivity contribution in [3.8, 4) is 22.3 Å². The van der Waals surface area contributed by atoms with Crippen LogP contribution in [-0.4, -0.2) is 42.2 Å². The van der Waals surface area contributed by atoms with Crippen LogP contribution in [0.3, 0.4) is 0 Å². The minimum Gasteiger partial charge on any atom is -0.465 e. The summed E-state index contributed by atoms with van der Waals surface area (Å²) in [5.41, 5.74) is 9.78. The molecule has 0 aromatic heterocycles. The van der Waals surface area contributed by atoms with Gasteiger partial charge in [0, 0.05) is 18.3 Å². The van der Waals surface area contributed by atoms with Crippen LogP contribution in [0.25, 0.3) is 22.3 Å². The van der Waals surface area contributed by atoms with E-state index >= 15 is 0 Å². The Balaban J connectivity index is 0.000000173. The number of esters is 2. The van der Waals surface area contributed by atoms with Crippen LogP contribution < -0.4 is 0 Å². The monoisotopic (exact) mass is 590 g/mol. The molecule has 2 aliphatic carbocycles. The number of benzene rings is 4. The van der Waals surface area contributed by atoms with E-state index in [4.69, 9.17) is 37.8 Å². The summed E-state index contributed by atoms with van der Waals surface area (Å²) in [4.78, 5) is 22.5. The van der Waals surface area contributed by atoms with E-state index in [1.807, 2.05) is 43.3 Å². The van der Waals surface area contributed by atoms with Gasteiger partial charge in [0.1, 0.15) is 19.8 Å². The van der Waals surface area contributed by atoms with Gasteiger partial charge in [-0.1, -0.05) is 104 Å². The molecule has 5 nitrogen and oxygen atoms in total. The number of ether oxygens (including phenoxy) is 2. The zero-order valence-corrected chi connectivity index (χ0v) is 24.3. The fourth-order valence-corrected chi connectivity index (χ4v) is 5.38. The SMILES string of the molecule is CCC(=O)OCC1c2ccccc2-c2ccccc21.ClCCl.O=C(CO)OCC1c2ccccc2-c2ccccc21. The molecule has 4 aromatic rings. The second kappa shape index (κ2) is 14.8. The van der Waals surface area contributed by atoms with Crippen LogP contribution in [0.5, 0.6) is 0 Å². The summed E-state index contributed by atoms with van der Waals surface area (Å²) in [6, 6.07) is 33.0. The van der Waals surface area contributed by atoms with Crippen LogP contribution in [0.1, 0.15) is 47.4 Å². The molecule has 0 aliphatic heterocycles. The predicted octanol–water partition coefficient (Wildman–Crippen LogP) is 7.51. The Morgan fingerprint density at radius 3 is 1.20 bits per heavy atom. The van der Waals surface area contributed by atoms with Crippen LogP contribution >= 0.6 is 23.2 Å². The zero-order valence-electron chi connectivity index (χ0n) is 22.8. The first-order valence-corrected chi connectivity index (χ1v) is 14.5. The average molecular weight is 592 g/mol. The molecule has 4 aromatic carbocycles. The van der Waals surface area contributed by atoms with Crippen molar-refractivity contribution in [2.24, 2.45) is 0 Å². The lowest BCUT2D eigenvalue weighted by molar-refractivity contribution is -0.147. The van der Waals surface area contributed by atoms with Crippen LogP contribution in [0.15, 0.2) is 97.1 Å². The molecule has 0 fully saturated rings. The van der Waals surface area contributed by atoms with E-state index in [0.717, 1.165) is 0 Å². The van der Waals surface area contributed by atoms with Crippen LogP contribution in [0, 0.1) is 0 Å². The first kappa shape index (κ1) is 30.3. The third-order valence-corrected chi connectivity index (χ3v) is 7.16. The summed E-state index contributed by atoms with van der Waals surface area (Å²) >= 11 is 9.53. The number of aliphatic hydroxyl groups is 1. The maximum Gasteiger partial charge on any atom is 0.331 e. The van der Waals surface area contributed by atoms with Gasteiger partial charge in [0.05, 0.1) is 5.34 Å². The van der Waals surface area contributed by atoms with E-state index in [1.165, 1.54) is 44.5 Å². The first-order chi connectivity index (χ1) is 20.0. The summed E-state index contributed by atoms with van der Waals surface area (Å²) in [5.74, 6) is -0.491. The molecule has 0 saturated heterocycles. The second-order valence-corrected chi connectivity index (χ2v) is 10.2. The Hall–Kier alpha value is -3.64. The number of fused-ring (bicyclic) bond motifs is 6. The van der Waals surface area contributed by atoms with Crippen molar-refractivity contribution in [2.45, 2.75) is 25.2 Å². The number of aliphatic hydroxyl groups excluding tert-OH is 1. The third-order valence-electron chi connectivity index (χ3n) is 7.16. The largest absolute Gasteiger partial charge is 0.465 e. The van der Waals surface area contributed by atoms with E-state index in [1.54, 1.807) is 0 Å². The van der Waals surface area contributed by atoms with Gasteiger partial charge in [0.2, 0.25) is 0 Å². The smallest absolute Gasteiger partial charge is 0.331 e. The van der Waals surface area contributed by atoms with E-state index < -0.39 is 12.6 Å². The molecule has 41 heavy (non-hydrogen) atoms. The van der Waals surface area contributed by atoms with Crippen molar-refractivity contribution >= 4 is 35.1 Å². The fourth-order valence-electron chi connectivity index (χ4n) is 5.38. The predicted molar refractivity (Wildman–Crippen MR) is 163 cm³/mol. The first-order valence-electron chi connectivity index (χ1n) is 13.4. The molecule has 0 saturated carbocycles. The van der Waals surface area contributed by atoms with Gasteiger partial charge in [0.25, 0.3) is 0 Å². The van der Waals surface area contributed by atoms with Crippen LogP contribution in [0.4, 0.5) is 0 Å². The highest BCUT2D eigenvalue weighted by Crippen LogP contribution is 2.45. The Kier molecular flexibility index (Phi) is 11.0. The van der Waals surface area contributed by atoms with Gasteiger partial charge in [-0.05, 0) is 44.5 Å². The van der Waals surface area contributed by atoms with Crippen molar-refractivity contribution in [3.63, 3.8) is 0 Å². The van der Waals surface area contributed by atoms with Crippen molar-refractivity contribution in [3.05, 3.63) is 119 Å². The summed E-state index contributed by atoms with van der Waals surface area (Å²) < 4.78 is 10.4. The molecule has 0 spiro atoms. The van der Waals surface area contributed by atoms with Crippen molar-refractivity contribution in [2.75, 3.05) is 25.2 Å². The molecule has 2 aliphatic rings. The standard InChI is InChI=1S/C17H16O2.C16H14O3.CH2Cl2/c1-2-17(18)19-11-16-14-9-5-3-7-12(14)13-8-4-6-10-15(13)16;17-9-16(18)19-10-15-13-7-3-1-5-11(13)12-6-2-4-8-14(12)15;2-1-3/h3-10,16H,2,11H2,1H3;1-8,15,17H,9-10H2;1H2. The molecule has 212 valence electrons. The zero-order chi connectivity index (χ0) is 29.2.